The Morgan fingerprint density at radius 3 is 2.50 bits per heavy atom. The lowest BCUT2D eigenvalue weighted by Gasteiger charge is -2.43. The first-order chi connectivity index (χ1) is 18.1. The van der Waals surface area contributed by atoms with Gasteiger partial charge in [-0.15, -0.1) is 0 Å². The normalized spacial score (nSPS) is 25.7. The van der Waals surface area contributed by atoms with Gasteiger partial charge in [0.15, 0.2) is 0 Å². The quantitative estimate of drug-likeness (QED) is 0.373. The van der Waals surface area contributed by atoms with Crippen LogP contribution >= 0.6 is 0 Å². The number of hydrogen-bond donors (Lipinski definition) is 0. The maximum Gasteiger partial charge on any atom is 0.244 e. The van der Waals surface area contributed by atoms with Crippen LogP contribution in [0.2, 0.25) is 0 Å². The predicted octanol–water partition coefficient (Wildman–Crippen LogP) is 6.28. The van der Waals surface area contributed by atoms with Crippen LogP contribution in [0.5, 0.6) is 0 Å². The first-order valence-electron chi connectivity index (χ1n) is 14.0. The fourth-order valence-electron chi connectivity index (χ4n) is 6.98. The molecule has 2 aromatic carbocycles. The number of benzene rings is 2. The number of aryl methyl sites for hydroxylation is 1. The Labute approximate surface area is 226 Å². The molecule has 0 N–H and O–H groups in total. The van der Waals surface area contributed by atoms with E-state index in [4.69, 9.17) is 4.42 Å². The molecule has 3 aromatic rings. The SMILES string of the molecule is Cc1ccc(S(=O)(=O)N2[C@@H]3CC[C@@H](C3)[C@H]2C(=O)N(Cc2ccc3ccoc3c2)C2CCC(C)(C)CC2)cc1. The molecule has 0 unspecified atom stereocenters. The van der Waals surface area contributed by atoms with E-state index in [1.165, 1.54) is 0 Å². The highest BCUT2D eigenvalue weighted by Gasteiger charge is 2.55. The average molecular weight is 535 g/mol. The van der Waals surface area contributed by atoms with Crippen LogP contribution in [0.15, 0.2) is 64.1 Å². The summed E-state index contributed by atoms with van der Waals surface area (Å²) >= 11 is 0. The molecule has 3 aliphatic rings. The van der Waals surface area contributed by atoms with Gasteiger partial charge in [-0.25, -0.2) is 8.42 Å². The lowest BCUT2D eigenvalue weighted by atomic mass is 9.75. The third kappa shape index (κ3) is 4.58. The van der Waals surface area contributed by atoms with E-state index in [1.807, 2.05) is 42.2 Å². The summed E-state index contributed by atoms with van der Waals surface area (Å²) in [6, 6.07) is 14.4. The van der Waals surface area contributed by atoms with Gasteiger partial charge in [0.2, 0.25) is 15.9 Å². The molecule has 1 amide bonds. The van der Waals surface area contributed by atoms with E-state index in [0.29, 0.717) is 6.54 Å². The summed E-state index contributed by atoms with van der Waals surface area (Å²) in [6.45, 7) is 7.01. The zero-order chi connectivity index (χ0) is 26.7. The highest BCUT2D eigenvalue weighted by Crippen LogP contribution is 2.47. The smallest absolute Gasteiger partial charge is 0.244 e. The molecule has 3 atom stereocenters. The van der Waals surface area contributed by atoms with Gasteiger partial charge >= 0.3 is 0 Å². The Morgan fingerprint density at radius 2 is 1.76 bits per heavy atom. The van der Waals surface area contributed by atoms with Gasteiger partial charge in [-0.3, -0.25) is 4.79 Å². The second-order valence-corrected chi connectivity index (χ2v) is 14.3. The monoisotopic (exact) mass is 534 g/mol. The van der Waals surface area contributed by atoms with E-state index >= 15 is 0 Å². The van der Waals surface area contributed by atoms with Gasteiger partial charge < -0.3 is 9.32 Å². The summed E-state index contributed by atoms with van der Waals surface area (Å²) in [5.74, 6) is 0.0416. The minimum Gasteiger partial charge on any atom is -0.464 e. The maximum absolute atomic E-state index is 14.6. The fourth-order valence-corrected chi connectivity index (χ4v) is 8.85. The minimum atomic E-state index is -3.79. The van der Waals surface area contributed by atoms with Gasteiger partial charge in [-0.05, 0) is 93.0 Å². The summed E-state index contributed by atoms with van der Waals surface area (Å²) in [5.41, 5.74) is 3.11. The van der Waals surface area contributed by atoms with Crippen LogP contribution in [-0.4, -0.2) is 41.7 Å². The number of furan rings is 1. The predicted molar refractivity (Wildman–Crippen MR) is 148 cm³/mol. The second kappa shape index (κ2) is 9.53. The number of rotatable bonds is 6. The average Bonchev–Trinajstić information content (AvgIpc) is 3.63. The van der Waals surface area contributed by atoms with Crippen molar-refractivity contribution in [3.63, 3.8) is 0 Å². The third-order valence-corrected chi connectivity index (χ3v) is 11.2. The summed E-state index contributed by atoms with van der Waals surface area (Å²) in [7, 11) is -3.79. The largest absolute Gasteiger partial charge is 0.464 e. The van der Waals surface area contributed by atoms with Crippen molar-refractivity contribution in [3.05, 3.63) is 65.9 Å². The van der Waals surface area contributed by atoms with Gasteiger partial charge in [0, 0.05) is 24.0 Å². The number of amides is 1. The van der Waals surface area contributed by atoms with Crippen molar-refractivity contribution in [3.8, 4) is 0 Å². The van der Waals surface area contributed by atoms with Crippen LogP contribution in [0.25, 0.3) is 11.0 Å². The highest BCUT2D eigenvalue weighted by atomic mass is 32.2. The molecule has 6 nitrogen and oxygen atoms in total. The van der Waals surface area contributed by atoms with Gasteiger partial charge in [-0.1, -0.05) is 43.7 Å². The lowest BCUT2D eigenvalue weighted by Crippen LogP contribution is -2.56. The molecule has 2 saturated carbocycles. The number of nitrogens with zero attached hydrogens (tertiary/aromatic N) is 2. The zero-order valence-electron chi connectivity index (χ0n) is 22.6. The molecule has 2 aliphatic carbocycles. The summed E-state index contributed by atoms with van der Waals surface area (Å²) in [5, 5.41) is 1.04. The fraction of sp³-hybridized carbons (Fsp3) is 0.516. The number of carbonyl (C=O) groups is 1. The van der Waals surface area contributed by atoms with Gasteiger partial charge in [0.1, 0.15) is 11.6 Å². The maximum atomic E-state index is 14.6. The van der Waals surface area contributed by atoms with E-state index in [0.717, 1.165) is 67.0 Å². The van der Waals surface area contributed by atoms with Gasteiger partial charge in [-0.2, -0.15) is 4.31 Å². The van der Waals surface area contributed by atoms with E-state index in [-0.39, 0.29) is 34.2 Å². The lowest BCUT2D eigenvalue weighted by molar-refractivity contribution is -0.141. The summed E-state index contributed by atoms with van der Waals surface area (Å²) < 4.78 is 35.1. The molecule has 38 heavy (non-hydrogen) atoms. The van der Waals surface area contributed by atoms with Crippen LogP contribution in [0.3, 0.4) is 0 Å². The standard InChI is InChI=1S/C31H38N2O4S/c1-21-4-10-27(11-5-21)38(35,36)33-26-9-8-24(19-26)29(33)30(34)32(25-12-15-31(2,3)16-13-25)20-22-6-7-23-14-17-37-28(23)18-22/h4-7,10-11,14,17-18,24-26,29H,8-9,12-13,15-16,19-20H2,1-3H3/t24-,26+,29-/m0/s1. The molecule has 1 aromatic heterocycles. The number of sulfonamides is 1. The third-order valence-electron chi connectivity index (χ3n) is 9.28. The van der Waals surface area contributed by atoms with Crippen molar-refractivity contribution >= 4 is 26.9 Å². The Bertz CT molecular complexity index is 1430. The summed E-state index contributed by atoms with van der Waals surface area (Å²) in [4.78, 5) is 16.8. The minimum absolute atomic E-state index is 0.0304. The van der Waals surface area contributed by atoms with Crippen LogP contribution in [0.1, 0.15) is 69.9 Å². The molecule has 202 valence electrons. The van der Waals surface area contributed by atoms with E-state index in [9.17, 15) is 13.2 Å². The second-order valence-electron chi connectivity index (χ2n) is 12.5. The van der Waals surface area contributed by atoms with Crippen molar-refractivity contribution in [2.45, 2.75) is 95.3 Å². The first-order valence-corrected chi connectivity index (χ1v) is 15.4. The van der Waals surface area contributed by atoms with Crippen LogP contribution < -0.4 is 0 Å². The molecule has 2 heterocycles. The van der Waals surface area contributed by atoms with Crippen molar-refractivity contribution in [1.82, 2.24) is 9.21 Å². The number of fused-ring (bicyclic) bond motifs is 3. The molecule has 2 bridgehead atoms. The molecular formula is C31H38N2O4S. The van der Waals surface area contributed by atoms with Gasteiger partial charge in [0.25, 0.3) is 0 Å². The molecule has 0 radical (unpaired) electrons. The molecule has 1 saturated heterocycles. The van der Waals surface area contributed by atoms with Crippen molar-refractivity contribution in [1.29, 1.82) is 0 Å². The van der Waals surface area contributed by atoms with Crippen molar-refractivity contribution in [2.75, 3.05) is 0 Å². The molecule has 7 heteroatoms. The zero-order valence-corrected chi connectivity index (χ0v) is 23.4. The van der Waals surface area contributed by atoms with Gasteiger partial charge in [0.05, 0.1) is 11.2 Å². The van der Waals surface area contributed by atoms with Crippen LogP contribution in [0, 0.1) is 18.3 Å². The number of carbonyl (C=O) groups excluding carboxylic acids is 1. The number of hydrogen-bond acceptors (Lipinski definition) is 4. The number of piperidine rings is 1. The topological polar surface area (TPSA) is 70.8 Å². The van der Waals surface area contributed by atoms with Crippen LogP contribution in [-0.2, 0) is 21.4 Å². The van der Waals surface area contributed by atoms with Crippen molar-refractivity contribution < 1.29 is 17.6 Å². The molecule has 3 fully saturated rings. The molecule has 1 aliphatic heterocycles. The Balaban J connectivity index is 1.35. The molecular weight excluding hydrogens is 496 g/mol. The molecule has 6 rings (SSSR count). The van der Waals surface area contributed by atoms with E-state index in [1.54, 1.807) is 22.7 Å². The Morgan fingerprint density at radius 1 is 1.03 bits per heavy atom. The molecule has 0 spiro atoms. The first kappa shape index (κ1) is 25.6. The van der Waals surface area contributed by atoms with E-state index < -0.39 is 16.1 Å². The Hall–Kier alpha value is -2.64. The highest BCUT2D eigenvalue weighted by molar-refractivity contribution is 7.89. The van der Waals surface area contributed by atoms with Crippen molar-refractivity contribution in [2.24, 2.45) is 11.3 Å². The van der Waals surface area contributed by atoms with E-state index in [2.05, 4.69) is 19.9 Å². The Kier molecular flexibility index (Phi) is 6.42. The summed E-state index contributed by atoms with van der Waals surface area (Å²) in [6.07, 6.45) is 8.17. The van der Waals surface area contributed by atoms with Crippen LogP contribution in [0.4, 0.5) is 0 Å².